The molecule has 1 fully saturated rings. The van der Waals surface area contributed by atoms with Crippen molar-refractivity contribution in [2.45, 2.75) is 24.9 Å². The Bertz CT molecular complexity index is 291. The normalized spacial score (nSPS) is 30.1. The summed E-state index contributed by atoms with van der Waals surface area (Å²) in [7, 11) is 0. The van der Waals surface area contributed by atoms with E-state index in [9.17, 15) is 26.7 Å². The Morgan fingerprint density at radius 3 is 2.31 bits per heavy atom. The summed E-state index contributed by atoms with van der Waals surface area (Å²) in [5, 5.41) is 8.70. The van der Waals surface area contributed by atoms with E-state index in [0.717, 1.165) is 11.8 Å². The molecule has 16 heavy (non-hydrogen) atoms. The Labute approximate surface area is 92.2 Å². The van der Waals surface area contributed by atoms with Gasteiger partial charge in [-0.25, -0.2) is 8.78 Å². The molecule has 0 aromatic heterocycles. The van der Waals surface area contributed by atoms with Crippen LogP contribution in [0, 0.1) is 5.41 Å². The lowest BCUT2D eigenvalue weighted by Crippen LogP contribution is -2.54. The van der Waals surface area contributed by atoms with Gasteiger partial charge in [0.25, 0.3) is 5.92 Å². The van der Waals surface area contributed by atoms with Gasteiger partial charge in [0.15, 0.2) is 0 Å². The standard InChI is InChI=1S/C8H9F5O2S/c9-7(10)4-16-2-1-6(7,5(14)15)3-8(11,12)13/h1-4H2,(H,14,15). The van der Waals surface area contributed by atoms with Crippen molar-refractivity contribution in [3.8, 4) is 0 Å². The number of rotatable bonds is 2. The van der Waals surface area contributed by atoms with E-state index >= 15 is 0 Å². The molecule has 94 valence electrons. The lowest BCUT2D eigenvalue weighted by atomic mass is 9.75. The fourth-order valence-electron chi connectivity index (χ4n) is 1.67. The number of carbonyl (C=O) groups is 1. The topological polar surface area (TPSA) is 37.3 Å². The number of hydrogen-bond acceptors (Lipinski definition) is 2. The Morgan fingerprint density at radius 2 is 1.94 bits per heavy atom. The van der Waals surface area contributed by atoms with Crippen LogP contribution >= 0.6 is 11.8 Å². The molecule has 0 bridgehead atoms. The van der Waals surface area contributed by atoms with E-state index in [1.165, 1.54) is 0 Å². The van der Waals surface area contributed by atoms with Crippen LogP contribution < -0.4 is 0 Å². The number of aliphatic carboxylic acids is 1. The summed E-state index contributed by atoms with van der Waals surface area (Å²) in [6.45, 7) is 0. The second-order valence-corrected chi connectivity index (χ2v) is 4.79. The zero-order valence-electron chi connectivity index (χ0n) is 7.98. The molecule has 0 aromatic carbocycles. The van der Waals surface area contributed by atoms with E-state index in [-0.39, 0.29) is 5.75 Å². The van der Waals surface area contributed by atoms with Gasteiger partial charge >= 0.3 is 12.1 Å². The highest BCUT2D eigenvalue weighted by Crippen LogP contribution is 2.52. The van der Waals surface area contributed by atoms with Crippen LogP contribution in [0.15, 0.2) is 0 Å². The number of halogens is 5. The number of carboxylic acid groups (broad SMARTS) is 1. The monoisotopic (exact) mass is 264 g/mol. The molecule has 1 heterocycles. The van der Waals surface area contributed by atoms with Gasteiger partial charge in [-0.3, -0.25) is 4.79 Å². The zero-order valence-corrected chi connectivity index (χ0v) is 8.80. The quantitative estimate of drug-likeness (QED) is 0.779. The fourth-order valence-corrected chi connectivity index (χ4v) is 2.84. The molecule has 0 amide bonds. The maximum absolute atomic E-state index is 13.4. The van der Waals surface area contributed by atoms with Crippen molar-refractivity contribution < 1.29 is 31.9 Å². The molecule has 1 unspecified atom stereocenters. The molecule has 1 N–H and O–H groups in total. The molecular formula is C8H9F5O2S. The molecule has 1 saturated heterocycles. The second kappa shape index (κ2) is 4.05. The van der Waals surface area contributed by atoms with Gasteiger partial charge < -0.3 is 5.11 Å². The maximum Gasteiger partial charge on any atom is 0.390 e. The summed E-state index contributed by atoms with van der Waals surface area (Å²) in [5.74, 6) is -6.79. The molecule has 1 rings (SSSR count). The molecular weight excluding hydrogens is 255 g/mol. The SMILES string of the molecule is O=C(O)C1(CC(F)(F)F)CCSCC1(F)F. The maximum atomic E-state index is 13.4. The molecule has 0 aromatic rings. The van der Waals surface area contributed by atoms with E-state index in [2.05, 4.69) is 0 Å². The van der Waals surface area contributed by atoms with Crippen LogP contribution in [-0.2, 0) is 4.79 Å². The highest BCUT2D eigenvalue weighted by Gasteiger charge is 2.64. The van der Waals surface area contributed by atoms with E-state index in [0.29, 0.717) is 0 Å². The van der Waals surface area contributed by atoms with Gasteiger partial charge in [0.05, 0.1) is 12.2 Å². The van der Waals surface area contributed by atoms with E-state index in [1.54, 1.807) is 0 Å². The number of hydrogen-bond donors (Lipinski definition) is 1. The second-order valence-electron chi connectivity index (χ2n) is 3.69. The van der Waals surface area contributed by atoms with Gasteiger partial charge in [-0.2, -0.15) is 24.9 Å². The zero-order chi connectivity index (χ0) is 12.6. The molecule has 1 atom stereocenters. The predicted molar refractivity (Wildman–Crippen MR) is 47.6 cm³/mol. The molecule has 0 saturated carbocycles. The van der Waals surface area contributed by atoms with Gasteiger partial charge in [0.1, 0.15) is 5.41 Å². The highest BCUT2D eigenvalue weighted by molar-refractivity contribution is 7.99. The van der Waals surface area contributed by atoms with Crippen LogP contribution in [0.1, 0.15) is 12.8 Å². The lowest BCUT2D eigenvalue weighted by Gasteiger charge is -2.40. The third-order valence-electron chi connectivity index (χ3n) is 2.57. The van der Waals surface area contributed by atoms with Crippen molar-refractivity contribution in [3.63, 3.8) is 0 Å². The van der Waals surface area contributed by atoms with Crippen molar-refractivity contribution in [1.82, 2.24) is 0 Å². The summed E-state index contributed by atoms with van der Waals surface area (Å²) in [6.07, 6.45) is -7.56. The van der Waals surface area contributed by atoms with Gasteiger partial charge in [0, 0.05) is 0 Å². The Hall–Kier alpha value is -0.530. The van der Waals surface area contributed by atoms with Crippen molar-refractivity contribution in [2.24, 2.45) is 5.41 Å². The average Bonchev–Trinajstić information content (AvgIpc) is 2.06. The summed E-state index contributed by atoms with van der Waals surface area (Å²) in [4.78, 5) is 10.8. The Kier molecular flexibility index (Phi) is 3.42. The summed E-state index contributed by atoms with van der Waals surface area (Å²) < 4.78 is 63.4. The first-order valence-electron chi connectivity index (χ1n) is 4.36. The first kappa shape index (κ1) is 13.5. The summed E-state index contributed by atoms with van der Waals surface area (Å²) in [6, 6.07) is 0. The molecule has 8 heteroatoms. The smallest absolute Gasteiger partial charge is 0.390 e. The minimum absolute atomic E-state index is 0.00201. The van der Waals surface area contributed by atoms with Gasteiger partial charge in [-0.15, -0.1) is 0 Å². The van der Waals surface area contributed by atoms with Crippen molar-refractivity contribution in [1.29, 1.82) is 0 Å². The third-order valence-corrected chi connectivity index (χ3v) is 3.63. The minimum Gasteiger partial charge on any atom is -0.481 e. The third kappa shape index (κ3) is 2.41. The van der Waals surface area contributed by atoms with Gasteiger partial charge in [0.2, 0.25) is 0 Å². The Balaban J connectivity index is 3.08. The molecule has 1 aliphatic heterocycles. The van der Waals surface area contributed by atoms with Gasteiger partial charge in [-0.1, -0.05) is 0 Å². The first-order valence-corrected chi connectivity index (χ1v) is 5.52. The van der Waals surface area contributed by atoms with Crippen molar-refractivity contribution in [3.05, 3.63) is 0 Å². The Morgan fingerprint density at radius 1 is 1.38 bits per heavy atom. The summed E-state index contributed by atoms with van der Waals surface area (Å²) in [5.41, 5.74) is -3.00. The van der Waals surface area contributed by atoms with Crippen molar-refractivity contribution in [2.75, 3.05) is 11.5 Å². The molecule has 0 aliphatic carbocycles. The van der Waals surface area contributed by atoms with Crippen LogP contribution in [0.5, 0.6) is 0 Å². The fraction of sp³-hybridized carbons (Fsp3) is 0.875. The largest absolute Gasteiger partial charge is 0.481 e. The van der Waals surface area contributed by atoms with Crippen LogP contribution in [0.2, 0.25) is 0 Å². The first-order chi connectivity index (χ1) is 7.11. The number of thioether (sulfide) groups is 1. The predicted octanol–water partition coefficient (Wildman–Crippen LogP) is 2.78. The van der Waals surface area contributed by atoms with Crippen LogP contribution in [-0.4, -0.2) is 34.7 Å². The van der Waals surface area contributed by atoms with Crippen LogP contribution in [0.25, 0.3) is 0 Å². The molecule has 0 spiro atoms. The molecule has 1 aliphatic rings. The lowest BCUT2D eigenvalue weighted by molar-refractivity contribution is -0.217. The number of carboxylic acids is 1. The highest BCUT2D eigenvalue weighted by atomic mass is 32.2. The van der Waals surface area contributed by atoms with Crippen molar-refractivity contribution >= 4 is 17.7 Å². The van der Waals surface area contributed by atoms with Crippen LogP contribution in [0.4, 0.5) is 22.0 Å². The van der Waals surface area contributed by atoms with Gasteiger partial charge in [-0.05, 0) is 12.2 Å². The van der Waals surface area contributed by atoms with E-state index in [4.69, 9.17) is 5.11 Å². The van der Waals surface area contributed by atoms with Crippen LogP contribution in [0.3, 0.4) is 0 Å². The average molecular weight is 264 g/mol. The van der Waals surface area contributed by atoms with E-state index < -0.39 is 42.1 Å². The van der Waals surface area contributed by atoms with E-state index in [1.807, 2.05) is 0 Å². The number of alkyl halides is 5. The molecule has 2 nitrogen and oxygen atoms in total. The molecule has 0 radical (unpaired) electrons. The summed E-state index contributed by atoms with van der Waals surface area (Å²) >= 11 is 0.767. The minimum atomic E-state index is -4.91.